The molecule has 0 unspecified atom stereocenters. The lowest BCUT2D eigenvalue weighted by molar-refractivity contribution is 0.0992. The third-order valence-corrected chi connectivity index (χ3v) is 5.52. The van der Waals surface area contributed by atoms with E-state index in [2.05, 4.69) is 0 Å². The van der Waals surface area contributed by atoms with Crippen LogP contribution in [0.15, 0.2) is 64.4 Å². The van der Waals surface area contributed by atoms with Gasteiger partial charge in [0.1, 0.15) is 10.6 Å². The second-order valence-electron chi connectivity index (χ2n) is 4.66. The SMILES string of the molecule is NC(=O)c1c(S(=O)(=O)c2ccccc2)c2ccccc2n1Cl. The zero-order valence-electron chi connectivity index (χ0n) is 11.2. The molecule has 22 heavy (non-hydrogen) atoms. The van der Waals surface area contributed by atoms with Gasteiger partial charge in [-0.25, -0.2) is 12.5 Å². The summed E-state index contributed by atoms with van der Waals surface area (Å²) in [7, 11) is -3.93. The van der Waals surface area contributed by atoms with Crippen LogP contribution in [0.4, 0.5) is 0 Å². The van der Waals surface area contributed by atoms with Crippen molar-refractivity contribution in [1.29, 1.82) is 0 Å². The van der Waals surface area contributed by atoms with Gasteiger partial charge in [0.15, 0.2) is 0 Å². The van der Waals surface area contributed by atoms with E-state index in [1.807, 2.05) is 0 Å². The number of carbonyl (C=O) groups excluding carboxylic acids is 1. The molecule has 112 valence electrons. The van der Waals surface area contributed by atoms with Crippen LogP contribution in [0, 0.1) is 0 Å². The molecule has 0 spiro atoms. The predicted octanol–water partition coefficient (Wildman–Crippen LogP) is 2.57. The van der Waals surface area contributed by atoms with Crippen molar-refractivity contribution < 1.29 is 13.2 Å². The van der Waals surface area contributed by atoms with Gasteiger partial charge >= 0.3 is 0 Å². The molecular weight excluding hydrogens is 324 g/mol. The minimum Gasteiger partial charge on any atom is -0.364 e. The maximum Gasteiger partial charge on any atom is 0.268 e. The van der Waals surface area contributed by atoms with Crippen molar-refractivity contribution in [1.82, 2.24) is 4.09 Å². The number of primary amides is 1. The van der Waals surface area contributed by atoms with Crippen LogP contribution < -0.4 is 5.73 Å². The van der Waals surface area contributed by atoms with Crippen molar-refractivity contribution in [2.24, 2.45) is 5.73 Å². The van der Waals surface area contributed by atoms with Crippen LogP contribution in [0.2, 0.25) is 0 Å². The Kier molecular flexibility index (Phi) is 3.42. The van der Waals surface area contributed by atoms with E-state index in [-0.39, 0.29) is 15.5 Å². The number of fused-ring (bicyclic) bond motifs is 1. The fourth-order valence-electron chi connectivity index (χ4n) is 2.37. The molecule has 0 fully saturated rings. The third-order valence-electron chi connectivity index (χ3n) is 3.33. The summed E-state index contributed by atoms with van der Waals surface area (Å²) in [5.74, 6) is -0.902. The summed E-state index contributed by atoms with van der Waals surface area (Å²) in [6, 6.07) is 14.4. The first-order valence-corrected chi connectivity index (χ1v) is 8.16. The van der Waals surface area contributed by atoms with Gasteiger partial charge in [0.25, 0.3) is 5.91 Å². The van der Waals surface area contributed by atoms with E-state index in [1.165, 1.54) is 12.1 Å². The van der Waals surface area contributed by atoms with Crippen molar-refractivity contribution in [3.05, 3.63) is 60.3 Å². The van der Waals surface area contributed by atoms with Crippen molar-refractivity contribution in [2.75, 3.05) is 0 Å². The zero-order chi connectivity index (χ0) is 15.9. The highest BCUT2D eigenvalue weighted by Crippen LogP contribution is 2.34. The molecule has 0 saturated heterocycles. The molecule has 7 heteroatoms. The number of rotatable bonds is 3. The highest BCUT2D eigenvalue weighted by Gasteiger charge is 2.30. The van der Waals surface area contributed by atoms with E-state index in [0.717, 1.165) is 4.09 Å². The highest BCUT2D eigenvalue weighted by atomic mass is 35.5. The molecule has 5 nitrogen and oxygen atoms in total. The molecule has 2 N–H and O–H groups in total. The summed E-state index contributed by atoms with van der Waals surface area (Å²) in [6.07, 6.45) is 0. The van der Waals surface area contributed by atoms with E-state index >= 15 is 0 Å². The van der Waals surface area contributed by atoms with Gasteiger partial charge in [-0.3, -0.25) is 4.79 Å². The van der Waals surface area contributed by atoms with E-state index in [1.54, 1.807) is 42.5 Å². The van der Waals surface area contributed by atoms with Crippen molar-refractivity contribution in [3.63, 3.8) is 0 Å². The number of nitrogens with two attached hydrogens (primary N) is 1. The van der Waals surface area contributed by atoms with Crippen LogP contribution in [-0.4, -0.2) is 18.4 Å². The van der Waals surface area contributed by atoms with E-state index in [4.69, 9.17) is 17.5 Å². The summed E-state index contributed by atoms with van der Waals surface area (Å²) >= 11 is 6.10. The Morgan fingerprint density at radius 2 is 1.59 bits per heavy atom. The number of amides is 1. The quantitative estimate of drug-likeness (QED) is 0.799. The lowest BCUT2D eigenvalue weighted by Gasteiger charge is -2.05. The minimum atomic E-state index is -3.93. The van der Waals surface area contributed by atoms with Crippen LogP contribution in [0.5, 0.6) is 0 Å². The van der Waals surface area contributed by atoms with E-state index in [0.29, 0.717) is 10.9 Å². The molecule has 0 aliphatic carbocycles. The average molecular weight is 335 g/mol. The number of sulfone groups is 1. The maximum atomic E-state index is 12.9. The van der Waals surface area contributed by atoms with Crippen LogP contribution in [-0.2, 0) is 9.84 Å². The molecule has 0 aliphatic heterocycles. The second-order valence-corrected chi connectivity index (χ2v) is 6.88. The Labute approximate surface area is 131 Å². The van der Waals surface area contributed by atoms with Gasteiger partial charge in [-0.15, -0.1) is 0 Å². The summed E-state index contributed by atoms with van der Waals surface area (Å²) in [6.45, 7) is 0. The fraction of sp³-hybridized carbons (Fsp3) is 0. The average Bonchev–Trinajstić information content (AvgIpc) is 2.82. The van der Waals surface area contributed by atoms with Crippen molar-refractivity contribution in [2.45, 2.75) is 9.79 Å². The molecular formula is C15H11ClN2O3S. The first-order chi connectivity index (χ1) is 10.4. The van der Waals surface area contributed by atoms with Gasteiger partial charge in [-0.05, 0) is 18.2 Å². The summed E-state index contributed by atoms with van der Waals surface area (Å²) < 4.78 is 26.8. The van der Waals surface area contributed by atoms with Gasteiger partial charge in [-0.2, -0.15) is 0 Å². The van der Waals surface area contributed by atoms with Crippen LogP contribution in [0.1, 0.15) is 10.5 Å². The first kappa shape index (κ1) is 14.6. The zero-order valence-corrected chi connectivity index (χ0v) is 12.8. The highest BCUT2D eigenvalue weighted by molar-refractivity contribution is 7.91. The topological polar surface area (TPSA) is 82.2 Å². The molecule has 0 aliphatic rings. The summed E-state index contributed by atoms with van der Waals surface area (Å²) in [4.78, 5) is 11.6. The van der Waals surface area contributed by atoms with E-state index < -0.39 is 15.7 Å². The van der Waals surface area contributed by atoms with Gasteiger partial charge in [0.05, 0.1) is 10.4 Å². The minimum absolute atomic E-state index is 0.0746. The largest absolute Gasteiger partial charge is 0.364 e. The molecule has 0 bridgehead atoms. The van der Waals surface area contributed by atoms with Crippen LogP contribution >= 0.6 is 11.8 Å². The molecule has 1 heterocycles. The Morgan fingerprint density at radius 1 is 1.00 bits per heavy atom. The predicted molar refractivity (Wildman–Crippen MR) is 83.6 cm³/mol. The Hall–Kier alpha value is -2.31. The molecule has 3 aromatic rings. The summed E-state index contributed by atoms with van der Waals surface area (Å²) in [5.41, 5.74) is 5.51. The maximum absolute atomic E-state index is 12.9. The first-order valence-electron chi connectivity index (χ1n) is 6.34. The molecule has 1 amide bonds. The Balaban J connectivity index is 2.45. The molecule has 0 atom stereocenters. The lowest BCUT2D eigenvalue weighted by atomic mass is 10.2. The number of para-hydroxylation sites is 1. The van der Waals surface area contributed by atoms with Gasteiger partial charge < -0.3 is 5.73 Å². The van der Waals surface area contributed by atoms with Crippen LogP contribution in [0.3, 0.4) is 0 Å². The van der Waals surface area contributed by atoms with Gasteiger partial charge in [0.2, 0.25) is 9.84 Å². The summed E-state index contributed by atoms with van der Waals surface area (Å²) in [5, 5.41) is 0.357. The smallest absolute Gasteiger partial charge is 0.268 e. The van der Waals surface area contributed by atoms with E-state index in [9.17, 15) is 13.2 Å². The normalized spacial score (nSPS) is 11.7. The molecule has 0 saturated carbocycles. The molecule has 3 rings (SSSR count). The van der Waals surface area contributed by atoms with Gasteiger partial charge in [-0.1, -0.05) is 36.4 Å². The fourth-order valence-corrected chi connectivity index (χ4v) is 4.40. The van der Waals surface area contributed by atoms with Crippen LogP contribution in [0.25, 0.3) is 10.9 Å². The number of benzene rings is 2. The second kappa shape index (κ2) is 5.15. The lowest BCUT2D eigenvalue weighted by Crippen LogP contribution is -2.18. The van der Waals surface area contributed by atoms with Crippen molar-refractivity contribution >= 4 is 38.4 Å². The number of hydrogen-bond donors (Lipinski definition) is 1. The number of aromatic nitrogens is 1. The standard InChI is InChI=1S/C15H11ClN2O3S/c16-18-12-9-5-4-8-11(12)14(13(18)15(17)19)22(20,21)10-6-2-1-3-7-10/h1-9H,(H2,17,19). The molecule has 2 aromatic carbocycles. The third kappa shape index (κ3) is 2.08. The van der Waals surface area contributed by atoms with Crippen molar-refractivity contribution in [3.8, 4) is 0 Å². The van der Waals surface area contributed by atoms with Gasteiger partial charge in [0, 0.05) is 17.2 Å². The monoisotopic (exact) mass is 334 g/mol. The number of carbonyl (C=O) groups is 1. The number of nitrogens with zero attached hydrogens (tertiary/aromatic N) is 1. The Morgan fingerprint density at radius 3 is 2.23 bits per heavy atom. The molecule has 1 aromatic heterocycles. The molecule has 0 radical (unpaired) electrons. The number of hydrogen-bond acceptors (Lipinski definition) is 3. The number of halogens is 1. The Bertz CT molecular complexity index is 979.